The van der Waals surface area contributed by atoms with E-state index in [4.69, 9.17) is 32.1 Å². The number of hydrogen-bond donors (Lipinski definition) is 2. The van der Waals surface area contributed by atoms with Crippen molar-refractivity contribution in [3.05, 3.63) is 46.5 Å². The third-order valence-corrected chi connectivity index (χ3v) is 4.42. The van der Waals surface area contributed by atoms with Crippen molar-refractivity contribution in [3.63, 3.8) is 0 Å². The fraction of sp³-hybridized carbons (Fsp3) is 0.167. The van der Waals surface area contributed by atoms with E-state index in [-0.39, 0.29) is 22.0 Å². The number of rotatable bonds is 6. The Balaban J connectivity index is 2.01. The Kier molecular flexibility index (Phi) is 6.93. The zero-order valence-corrected chi connectivity index (χ0v) is 16.1. The number of methoxy groups -OCH3 is 1. The van der Waals surface area contributed by atoms with E-state index < -0.39 is 18.5 Å². The minimum Gasteiger partial charge on any atom is -0.496 e. The summed E-state index contributed by atoms with van der Waals surface area (Å²) in [4.78, 5) is 25.0. The number of carbonyl (C=O) groups excluding carboxylic acids is 2. The summed E-state index contributed by atoms with van der Waals surface area (Å²) in [6.45, 7) is 1.31. The van der Waals surface area contributed by atoms with Crippen LogP contribution in [0.2, 0.25) is 5.02 Å². The zero-order valence-electron chi connectivity index (χ0n) is 14.5. The van der Waals surface area contributed by atoms with Gasteiger partial charge < -0.3 is 20.5 Å². The summed E-state index contributed by atoms with van der Waals surface area (Å²) in [5.74, 6) is -1.07. The highest BCUT2D eigenvalue weighted by Gasteiger charge is 2.18. The van der Waals surface area contributed by atoms with Crippen molar-refractivity contribution in [2.75, 3.05) is 24.8 Å². The number of anilines is 2. The molecule has 140 valence electrons. The monoisotopic (exact) mass is 405 g/mol. The number of thioether (sulfide) groups is 1. The Labute approximate surface area is 165 Å². The summed E-state index contributed by atoms with van der Waals surface area (Å²) in [6.07, 6.45) is 0. The van der Waals surface area contributed by atoms with E-state index in [2.05, 4.69) is 5.32 Å². The Hall–Kier alpha value is -2.89. The van der Waals surface area contributed by atoms with Crippen molar-refractivity contribution in [1.29, 1.82) is 5.26 Å². The Morgan fingerprint density at radius 1 is 1.33 bits per heavy atom. The molecule has 0 aliphatic heterocycles. The smallest absolute Gasteiger partial charge is 0.342 e. The SMILES string of the molecule is COc1cc(N)c(Cl)cc1C(=O)OCC(=O)Nc1ccc(SC#N)cc1C. The number of nitrogens with zero attached hydrogens (tertiary/aromatic N) is 1. The maximum Gasteiger partial charge on any atom is 0.342 e. The van der Waals surface area contributed by atoms with Crippen molar-refractivity contribution in [2.24, 2.45) is 0 Å². The van der Waals surface area contributed by atoms with Crippen molar-refractivity contribution in [1.82, 2.24) is 0 Å². The second kappa shape index (κ2) is 9.16. The number of thiocyanates is 1. The highest BCUT2D eigenvalue weighted by Crippen LogP contribution is 2.29. The van der Waals surface area contributed by atoms with Crippen LogP contribution in [0.15, 0.2) is 35.2 Å². The minimum absolute atomic E-state index is 0.0681. The fourth-order valence-electron chi connectivity index (χ4n) is 2.19. The lowest BCUT2D eigenvalue weighted by molar-refractivity contribution is -0.119. The van der Waals surface area contributed by atoms with Gasteiger partial charge in [-0.25, -0.2) is 4.79 Å². The molecular formula is C18H16ClN3O4S. The molecule has 0 aliphatic carbocycles. The van der Waals surface area contributed by atoms with E-state index in [1.54, 1.807) is 25.1 Å². The van der Waals surface area contributed by atoms with Gasteiger partial charge in [0.2, 0.25) is 0 Å². The van der Waals surface area contributed by atoms with Gasteiger partial charge in [0.15, 0.2) is 6.61 Å². The predicted octanol–water partition coefficient (Wildman–Crippen LogP) is 3.61. The molecule has 0 atom stereocenters. The number of hydrogen-bond acceptors (Lipinski definition) is 7. The number of ether oxygens (including phenoxy) is 2. The van der Waals surface area contributed by atoms with Crippen molar-refractivity contribution >= 4 is 46.6 Å². The van der Waals surface area contributed by atoms with Crippen LogP contribution in [0.4, 0.5) is 11.4 Å². The molecule has 0 aliphatic rings. The average Bonchev–Trinajstić information content (AvgIpc) is 2.64. The number of nitrogen functional groups attached to an aromatic ring is 1. The lowest BCUT2D eigenvalue weighted by Crippen LogP contribution is -2.21. The summed E-state index contributed by atoms with van der Waals surface area (Å²) >= 11 is 6.95. The van der Waals surface area contributed by atoms with Gasteiger partial charge in [-0.1, -0.05) is 11.6 Å². The van der Waals surface area contributed by atoms with Crippen LogP contribution in [-0.2, 0) is 9.53 Å². The topological polar surface area (TPSA) is 114 Å². The summed E-state index contributed by atoms with van der Waals surface area (Å²) < 4.78 is 10.1. The first-order chi connectivity index (χ1) is 12.8. The number of aryl methyl sites for hydroxylation is 1. The lowest BCUT2D eigenvalue weighted by Gasteiger charge is -2.12. The van der Waals surface area contributed by atoms with Crippen LogP contribution in [0.25, 0.3) is 0 Å². The first kappa shape index (κ1) is 20.4. The predicted molar refractivity (Wildman–Crippen MR) is 104 cm³/mol. The molecule has 0 fully saturated rings. The highest BCUT2D eigenvalue weighted by molar-refractivity contribution is 8.03. The number of benzene rings is 2. The van der Waals surface area contributed by atoms with Crippen molar-refractivity contribution in [2.45, 2.75) is 11.8 Å². The standard InChI is InChI=1S/C18H16ClN3O4S/c1-10-5-11(27-9-20)3-4-15(10)22-17(23)8-26-18(24)12-6-13(19)14(21)7-16(12)25-2/h3-7H,8,21H2,1-2H3,(H,22,23). The van der Waals surface area contributed by atoms with Crippen LogP contribution in [0.1, 0.15) is 15.9 Å². The Bertz CT molecular complexity index is 928. The quantitative estimate of drug-likeness (QED) is 0.326. The number of carbonyl (C=O) groups is 2. The molecule has 0 saturated carbocycles. The van der Waals surface area contributed by atoms with Crippen LogP contribution in [0.3, 0.4) is 0 Å². The molecule has 0 aromatic heterocycles. The zero-order chi connectivity index (χ0) is 20.0. The molecule has 2 aromatic rings. The molecule has 27 heavy (non-hydrogen) atoms. The van der Waals surface area contributed by atoms with Gasteiger partial charge in [-0.05, 0) is 48.5 Å². The molecule has 0 spiro atoms. The molecule has 1 amide bonds. The number of nitrogens with one attached hydrogen (secondary N) is 1. The first-order valence-corrected chi connectivity index (χ1v) is 8.81. The molecule has 0 saturated heterocycles. The lowest BCUT2D eigenvalue weighted by atomic mass is 10.2. The maximum atomic E-state index is 12.2. The van der Waals surface area contributed by atoms with Gasteiger partial charge in [0.05, 0.1) is 17.8 Å². The van der Waals surface area contributed by atoms with Gasteiger partial charge in [0, 0.05) is 16.6 Å². The summed E-state index contributed by atoms with van der Waals surface area (Å²) in [5.41, 5.74) is 7.34. The second-order valence-corrected chi connectivity index (χ2v) is 6.63. The number of nitrogens with two attached hydrogens (primary N) is 1. The minimum atomic E-state index is -0.763. The largest absolute Gasteiger partial charge is 0.496 e. The third-order valence-electron chi connectivity index (χ3n) is 3.51. The Morgan fingerprint density at radius 3 is 2.70 bits per heavy atom. The van der Waals surface area contributed by atoms with E-state index in [9.17, 15) is 9.59 Å². The number of halogens is 1. The second-order valence-electron chi connectivity index (χ2n) is 5.37. The third kappa shape index (κ3) is 5.29. The molecule has 7 nitrogen and oxygen atoms in total. The van der Waals surface area contributed by atoms with E-state index in [0.717, 1.165) is 22.2 Å². The average molecular weight is 406 g/mol. The molecule has 9 heteroatoms. The van der Waals surface area contributed by atoms with Crippen molar-refractivity contribution in [3.8, 4) is 11.2 Å². The highest BCUT2D eigenvalue weighted by atomic mass is 35.5. The normalized spacial score (nSPS) is 10.0. The van der Waals surface area contributed by atoms with E-state index in [1.165, 1.54) is 19.2 Å². The summed E-state index contributed by atoms with van der Waals surface area (Å²) in [6, 6.07) is 7.90. The van der Waals surface area contributed by atoms with Crippen LogP contribution >= 0.6 is 23.4 Å². The van der Waals surface area contributed by atoms with Gasteiger partial charge >= 0.3 is 5.97 Å². The molecule has 2 rings (SSSR count). The maximum absolute atomic E-state index is 12.2. The molecule has 0 radical (unpaired) electrons. The van der Waals surface area contributed by atoms with Gasteiger partial charge in [-0.3, -0.25) is 4.79 Å². The first-order valence-electron chi connectivity index (χ1n) is 7.62. The van der Waals surface area contributed by atoms with Crippen LogP contribution < -0.4 is 15.8 Å². The summed E-state index contributed by atoms with van der Waals surface area (Å²) in [7, 11) is 1.38. The fourth-order valence-corrected chi connectivity index (χ4v) is 2.83. The summed E-state index contributed by atoms with van der Waals surface area (Å²) in [5, 5.41) is 13.5. The van der Waals surface area contributed by atoms with Crippen molar-refractivity contribution < 1.29 is 19.1 Å². The van der Waals surface area contributed by atoms with E-state index >= 15 is 0 Å². The molecule has 3 N–H and O–H groups in total. The van der Waals surface area contributed by atoms with Gasteiger partial charge in [-0.15, -0.1) is 0 Å². The molecular weight excluding hydrogens is 390 g/mol. The van der Waals surface area contributed by atoms with Crippen LogP contribution in [0.5, 0.6) is 5.75 Å². The van der Waals surface area contributed by atoms with E-state index in [1.807, 2.05) is 5.40 Å². The van der Waals surface area contributed by atoms with Gasteiger partial charge in [-0.2, -0.15) is 5.26 Å². The van der Waals surface area contributed by atoms with Crippen LogP contribution in [0, 0.1) is 17.6 Å². The molecule has 0 unspecified atom stereocenters. The number of esters is 1. The molecule has 0 heterocycles. The molecule has 2 aromatic carbocycles. The number of amides is 1. The van der Waals surface area contributed by atoms with Gasteiger partial charge in [0.25, 0.3) is 5.91 Å². The van der Waals surface area contributed by atoms with Gasteiger partial charge in [0.1, 0.15) is 16.7 Å². The molecule has 0 bridgehead atoms. The van der Waals surface area contributed by atoms with Crippen LogP contribution in [-0.4, -0.2) is 25.6 Å². The van der Waals surface area contributed by atoms with E-state index in [0.29, 0.717) is 5.69 Å². The number of nitriles is 1. The Morgan fingerprint density at radius 2 is 2.07 bits per heavy atom.